The minimum absolute atomic E-state index is 0.0460. The highest BCUT2D eigenvalue weighted by molar-refractivity contribution is 5.75. The fourth-order valence-electron chi connectivity index (χ4n) is 1.54. The fraction of sp³-hybridized carbons (Fsp3) is 0.500. The van der Waals surface area contributed by atoms with Crippen LogP contribution in [0.4, 0.5) is 13.2 Å². The van der Waals surface area contributed by atoms with Gasteiger partial charge < -0.3 is 9.53 Å². The molecule has 19 heavy (non-hydrogen) atoms. The van der Waals surface area contributed by atoms with Gasteiger partial charge in [-0.25, -0.2) is 0 Å². The molecule has 0 amide bonds. The maximum atomic E-state index is 11.9. The number of halogens is 3. The van der Waals surface area contributed by atoms with Crippen LogP contribution in [0.15, 0.2) is 24.3 Å². The molecule has 0 aliphatic heterocycles. The molecule has 1 aromatic carbocycles. The topological polar surface area (TPSA) is 26.3 Å². The number of alkyl halides is 3. The van der Waals surface area contributed by atoms with Gasteiger partial charge in [-0.3, -0.25) is 0 Å². The first-order chi connectivity index (χ1) is 8.87. The first-order valence-electron chi connectivity index (χ1n) is 6.15. The first kappa shape index (κ1) is 15.5. The molecule has 0 N–H and O–H groups in total. The summed E-state index contributed by atoms with van der Waals surface area (Å²) in [5, 5.41) is 0. The summed E-state index contributed by atoms with van der Waals surface area (Å²) < 4.78 is 40.9. The van der Waals surface area contributed by atoms with E-state index in [9.17, 15) is 18.0 Å². The maximum Gasteiger partial charge on any atom is 0.389 e. The van der Waals surface area contributed by atoms with Crippen molar-refractivity contribution in [1.82, 2.24) is 0 Å². The zero-order valence-corrected chi connectivity index (χ0v) is 10.8. The van der Waals surface area contributed by atoms with Crippen LogP contribution in [0.2, 0.25) is 0 Å². The van der Waals surface area contributed by atoms with Gasteiger partial charge in [0.2, 0.25) is 0 Å². The van der Waals surface area contributed by atoms with E-state index < -0.39 is 12.6 Å². The molecule has 0 aliphatic carbocycles. The van der Waals surface area contributed by atoms with Crippen molar-refractivity contribution in [3.63, 3.8) is 0 Å². The lowest BCUT2D eigenvalue weighted by atomic mass is 10.1. The highest BCUT2D eigenvalue weighted by atomic mass is 19.4. The summed E-state index contributed by atoms with van der Waals surface area (Å²) in [5.74, 6) is 0.682. The van der Waals surface area contributed by atoms with Gasteiger partial charge in [0.05, 0.1) is 6.61 Å². The Morgan fingerprint density at radius 2 is 1.84 bits per heavy atom. The Balaban J connectivity index is 2.30. The second-order valence-corrected chi connectivity index (χ2v) is 4.41. The largest absolute Gasteiger partial charge is 0.494 e. The summed E-state index contributed by atoms with van der Waals surface area (Å²) in [4.78, 5) is 10.8. The molecule has 0 bridgehead atoms. The van der Waals surface area contributed by atoms with E-state index in [0.29, 0.717) is 18.6 Å². The highest BCUT2D eigenvalue weighted by Crippen LogP contribution is 2.21. The molecule has 5 heteroatoms. The van der Waals surface area contributed by atoms with Crippen LogP contribution in [0.5, 0.6) is 5.75 Å². The van der Waals surface area contributed by atoms with E-state index in [1.165, 1.54) is 6.92 Å². The zero-order valence-electron chi connectivity index (χ0n) is 10.8. The Bertz CT molecular complexity index is 396. The van der Waals surface area contributed by atoms with Crippen molar-refractivity contribution < 1.29 is 22.7 Å². The zero-order chi connectivity index (χ0) is 14.3. The number of carbonyl (C=O) groups excluding carboxylic acids is 1. The van der Waals surface area contributed by atoms with E-state index in [-0.39, 0.29) is 18.8 Å². The van der Waals surface area contributed by atoms with Gasteiger partial charge in [0, 0.05) is 12.8 Å². The lowest BCUT2D eigenvalue weighted by Crippen LogP contribution is -2.09. The van der Waals surface area contributed by atoms with Crippen LogP contribution in [0.25, 0.3) is 0 Å². The second kappa shape index (κ2) is 7.16. The summed E-state index contributed by atoms with van der Waals surface area (Å²) in [6.45, 7) is 1.59. The Labute approximate surface area is 110 Å². The van der Waals surface area contributed by atoms with Crippen molar-refractivity contribution in [1.29, 1.82) is 0 Å². The van der Waals surface area contributed by atoms with Gasteiger partial charge in [-0.15, -0.1) is 0 Å². The van der Waals surface area contributed by atoms with Gasteiger partial charge in [0.25, 0.3) is 0 Å². The molecule has 0 heterocycles. The molecule has 2 nitrogen and oxygen atoms in total. The highest BCUT2D eigenvalue weighted by Gasteiger charge is 2.26. The molecular weight excluding hydrogens is 257 g/mol. The average molecular weight is 274 g/mol. The van der Waals surface area contributed by atoms with E-state index in [1.54, 1.807) is 12.1 Å². The van der Waals surface area contributed by atoms with Gasteiger partial charge in [-0.1, -0.05) is 12.1 Å². The van der Waals surface area contributed by atoms with Crippen LogP contribution < -0.4 is 4.74 Å². The quantitative estimate of drug-likeness (QED) is 0.704. The average Bonchev–Trinajstić information content (AvgIpc) is 2.32. The Morgan fingerprint density at radius 1 is 1.21 bits per heavy atom. The third-order valence-corrected chi connectivity index (χ3v) is 2.56. The molecule has 0 fully saturated rings. The second-order valence-electron chi connectivity index (χ2n) is 4.41. The number of aryl methyl sites for hydroxylation is 1. The Morgan fingerprint density at radius 3 is 2.37 bits per heavy atom. The van der Waals surface area contributed by atoms with Gasteiger partial charge in [-0.2, -0.15) is 13.2 Å². The lowest BCUT2D eigenvalue weighted by Gasteiger charge is -2.08. The Hall–Kier alpha value is -1.52. The summed E-state index contributed by atoms with van der Waals surface area (Å²) in [7, 11) is 0. The summed E-state index contributed by atoms with van der Waals surface area (Å²) in [5.41, 5.74) is 1.01. The SMILES string of the molecule is CC(=O)CCc1ccc(OCCCC(F)(F)F)cc1. The Kier molecular flexibility index (Phi) is 5.86. The van der Waals surface area contributed by atoms with Crippen molar-refractivity contribution in [3.8, 4) is 5.75 Å². The first-order valence-corrected chi connectivity index (χ1v) is 6.15. The summed E-state index contributed by atoms with van der Waals surface area (Å²) >= 11 is 0. The van der Waals surface area contributed by atoms with Crippen molar-refractivity contribution in [2.45, 2.75) is 38.8 Å². The van der Waals surface area contributed by atoms with E-state index in [2.05, 4.69) is 0 Å². The van der Waals surface area contributed by atoms with Crippen LogP contribution in [0.3, 0.4) is 0 Å². The molecule has 0 aromatic heterocycles. The van der Waals surface area contributed by atoms with Gasteiger partial charge >= 0.3 is 6.18 Å². The maximum absolute atomic E-state index is 11.9. The lowest BCUT2D eigenvalue weighted by molar-refractivity contribution is -0.136. The molecule has 1 rings (SSSR count). The third kappa shape index (κ3) is 7.49. The third-order valence-electron chi connectivity index (χ3n) is 2.56. The molecule has 0 saturated carbocycles. The number of rotatable bonds is 7. The minimum atomic E-state index is -4.13. The predicted molar refractivity (Wildman–Crippen MR) is 66.2 cm³/mol. The van der Waals surface area contributed by atoms with E-state index >= 15 is 0 Å². The van der Waals surface area contributed by atoms with Crippen LogP contribution >= 0.6 is 0 Å². The van der Waals surface area contributed by atoms with Gasteiger partial charge in [0.1, 0.15) is 11.5 Å². The number of hydrogen-bond donors (Lipinski definition) is 0. The molecule has 0 atom stereocenters. The van der Waals surface area contributed by atoms with E-state index in [0.717, 1.165) is 5.56 Å². The smallest absolute Gasteiger partial charge is 0.389 e. The normalized spacial score (nSPS) is 11.4. The number of ketones is 1. The monoisotopic (exact) mass is 274 g/mol. The van der Waals surface area contributed by atoms with Gasteiger partial charge in [-0.05, 0) is 37.5 Å². The molecule has 106 valence electrons. The van der Waals surface area contributed by atoms with Crippen molar-refractivity contribution in [3.05, 3.63) is 29.8 Å². The number of hydrogen-bond acceptors (Lipinski definition) is 2. The minimum Gasteiger partial charge on any atom is -0.494 e. The molecule has 0 aliphatic rings. The number of carbonyl (C=O) groups is 1. The molecule has 0 radical (unpaired) electrons. The molecule has 0 saturated heterocycles. The van der Waals surface area contributed by atoms with Crippen LogP contribution in [-0.4, -0.2) is 18.6 Å². The van der Waals surface area contributed by atoms with Crippen LogP contribution in [0, 0.1) is 0 Å². The number of Topliss-reactive ketones (excluding diaryl/α,β-unsaturated/α-hetero) is 1. The molecule has 0 spiro atoms. The van der Waals surface area contributed by atoms with Crippen molar-refractivity contribution in [2.75, 3.05) is 6.61 Å². The standard InChI is InChI=1S/C14H17F3O2/c1-11(18)3-4-12-5-7-13(8-6-12)19-10-2-9-14(15,16)17/h5-8H,2-4,9-10H2,1H3. The summed E-state index contributed by atoms with van der Waals surface area (Å²) in [6, 6.07) is 7.07. The summed E-state index contributed by atoms with van der Waals surface area (Å²) in [6.07, 6.45) is -3.84. The van der Waals surface area contributed by atoms with Crippen LogP contribution in [-0.2, 0) is 11.2 Å². The number of ether oxygens (including phenoxy) is 1. The molecular formula is C14H17F3O2. The van der Waals surface area contributed by atoms with E-state index in [4.69, 9.17) is 4.74 Å². The van der Waals surface area contributed by atoms with E-state index in [1.807, 2.05) is 12.1 Å². The molecule has 0 unspecified atom stereocenters. The number of benzene rings is 1. The van der Waals surface area contributed by atoms with Gasteiger partial charge in [0.15, 0.2) is 0 Å². The molecule has 1 aromatic rings. The van der Waals surface area contributed by atoms with Crippen molar-refractivity contribution in [2.24, 2.45) is 0 Å². The van der Waals surface area contributed by atoms with Crippen LogP contribution in [0.1, 0.15) is 31.7 Å². The predicted octanol–water partition coefficient (Wildman–Crippen LogP) is 3.93. The fourth-order valence-corrected chi connectivity index (χ4v) is 1.54. The van der Waals surface area contributed by atoms with Crippen molar-refractivity contribution >= 4 is 5.78 Å².